The summed E-state index contributed by atoms with van der Waals surface area (Å²) in [5.74, 6) is 0. The van der Waals surface area contributed by atoms with Gasteiger partial charge in [-0.25, -0.2) is 0 Å². The van der Waals surface area contributed by atoms with Crippen LogP contribution in [0.3, 0.4) is 0 Å². The van der Waals surface area contributed by atoms with Crippen LogP contribution in [0.5, 0.6) is 0 Å². The molecule has 0 amide bonds. The molecule has 0 aromatic rings. The van der Waals surface area contributed by atoms with Gasteiger partial charge in [0.05, 0.1) is 6.07 Å². The van der Waals surface area contributed by atoms with Gasteiger partial charge in [-0.05, 0) is 12.5 Å². The lowest BCUT2D eigenvalue weighted by atomic mass is 10.3. The van der Waals surface area contributed by atoms with E-state index < -0.39 is 0 Å². The molecule has 0 heterocycles. The lowest BCUT2D eigenvalue weighted by Crippen LogP contribution is -1.58. The van der Waals surface area contributed by atoms with Crippen molar-refractivity contribution in [3.63, 3.8) is 0 Å². The lowest BCUT2D eigenvalue weighted by molar-refractivity contribution is 1.06. The van der Waals surface area contributed by atoms with Crippen LogP contribution in [0.4, 0.5) is 0 Å². The van der Waals surface area contributed by atoms with Crippen LogP contribution in [0.1, 0.15) is 12.8 Å². The topological polar surface area (TPSA) is 23.8 Å². The maximum Gasteiger partial charge on any atom is 0.0625 e. The van der Waals surface area contributed by atoms with Crippen molar-refractivity contribution >= 4 is 0 Å². The van der Waals surface area contributed by atoms with E-state index in [0.29, 0.717) is 6.42 Å². The van der Waals surface area contributed by atoms with E-state index in [4.69, 9.17) is 5.26 Å². The van der Waals surface area contributed by atoms with Crippen LogP contribution >= 0.6 is 0 Å². The molecule has 0 bridgehead atoms. The summed E-state index contributed by atoms with van der Waals surface area (Å²) in [5.41, 5.74) is 2.58. The van der Waals surface area contributed by atoms with Gasteiger partial charge >= 0.3 is 0 Å². The maximum atomic E-state index is 7.97. The molecular formula is C6H7N. The van der Waals surface area contributed by atoms with E-state index in [9.17, 15) is 0 Å². The molecular weight excluding hydrogens is 86.1 g/mol. The molecule has 0 aliphatic rings. The van der Waals surface area contributed by atoms with Gasteiger partial charge < -0.3 is 0 Å². The number of nitrogens with zero attached hydrogens (tertiary/aromatic N) is 1. The molecule has 1 nitrogen and oxygen atoms in total. The number of allylic oxidation sites excluding steroid dienone is 1. The lowest BCUT2D eigenvalue weighted by Gasteiger charge is -1.71. The van der Waals surface area contributed by atoms with E-state index in [-0.39, 0.29) is 0 Å². The van der Waals surface area contributed by atoms with Crippen molar-refractivity contribution in [2.24, 2.45) is 0 Å². The smallest absolute Gasteiger partial charge is 0.0625 e. The second kappa shape index (κ2) is 5.01. The molecule has 0 radical (unpaired) electrons. The third-order valence-corrected chi connectivity index (χ3v) is 0.545. The second-order valence-corrected chi connectivity index (χ2v) is 1.11. The molecule has 0 atom stereocenters. The third kappa shape index (κ3) is 5.01. The summed E-state index contributed by atoms with van der Waals surface area (Å²) < 4.78 is 0. The van der Waals surface area contributed by atoms with Crippen LogP contribution < -0.4 is 0 Å². The molecule has 0 fully saturated rings. The predicted molar refractivity (Wildman–Crippen MR) is 28.6 cm³/mol. The summed E-state index contributed by atoms with van der Waals surface area (Å²) in [6.45, 7) is 3.34. The first kappa shape index (κ1) is 6.01. The van der Waals surface area contributed by atoms with Crippen LogP contribution in [0, 0.1) is 11.3 Å². The second-order valence-electron chi connectivity index (χ2n) is 1.11. The van der Waals surface area contributed by atoms with Crippen molar-refractivity contribution in [2.45, 2.75) is 12.8 Å². The number of hydrogen-bond acceptors (Lipinski definition) is 1. The van der Waals surface area contributed by atoms with Gasteiger partial charge in [-0.15, -0.1) is 5.73 Å². The molecule has 0 saturated heterocycles. The zero-order chi connectivity index (χ0) is 5.54. The molecule has 0 aliphatic carbocycles. The average Bonchev–Trinajstić information content (AvgIpc) is 1.69. The highest BCUT2D eigenvalue weighted by molar-refractivity contribution is 4.81. The normalized spacial score (nSPS) is 6.14. The Bertz CT molecular complexity index is 113. The quantitative estimate of drug-likeness (QED) is 0.376. The van der Waals surface area contributed by atoms with Crippen LogP contribution in [0.15, 0.2) is 18.4 Å². The Labute approximate surface area is 43.6 Å². The Morgan fingerprint density at radius 3 is 2.86 bits per heavy atom. The summed E-state index contributed by atoms with van der Waals surface area (Å²) >= 11 is 0. The molecule has 0 aliphatic heterocycles. The highest BCUT2D eigenvalue weighted by atomic mass is 14.2. The van der Waals surface area contributed by atoms with Crippen LogP contribution in [0.2, 0.25) is 0 Å². The van der Waals surface area contributed by atoms with Gasteiger partial charge in [0.2, 0.25) is 0 Å². The SMILES string of the molecule is C=C=CCCC#N. The number of nitriles is 1. The van der Waals surface area contributed by atoms with Crippen molar-refractivity contribution < 1.29 is 0 Å². The minimum absolute atomic E-state index is 0.572. The van der Waals surface area contributed by atoms with Crippen LogP contribution in [-0.2, 0) is 0 Å². The Hall–Kier alpha value is -0.990. The Morgan fingerprint density at radius 2 is 2.43 bits per heavy atom. The van der Waals surface area contributed by atoms with E-state index in [0.717, 1.165) is 6.42 Å². The van der Waals surface area contributed by atoms with Crippen LogP contribution in [-0.4, -0.2) is 0 Å². The van der Waals surface area contributed by atoms with E-state index in [1.807, 2.05) is 6.07 Å². The number of rotatable bonds is 2. The van der Waals surface area contributed by atoms with E-state index in [2.05, 4.69) is 12.3 Å². The fourth-order valence-electron chi connectivity index (χ4n) is 0.239. The Morgan fingerprint density at radius 1 is 1.71 bits per heavy atom. The Balaban J connectivity index is 3.03. The summed E-state index contributed by atoms with van der Waals surface area (Å²) in [6, 6.07) is 2.00. The van der Waals surface area contributed by atoms with Crippen molar-refractivity contribution in [3.8, 4) is 6.07 Å². The molecule has 0 rings (SSSR count). The largest absolute Gasteiger partial charge is 0.198 e. The standard InChI is InChI=1S/C6H7N/c1-2-3-4-5-6-7/h3H,1,4-5H2. The van der Waals surface area contributed by atoms with Crippen LogP contribution in [0.25, 0.3) is 0 Å². The van der Waals surface area contributed by atoms with Gasteiger partial charge in [-0.2, -0.15) is 5.26 Å². The predicted octanol–water partition coefficient (Wildman–Crippen LogP) is 1.63. The van der Waals surface area contributed by atoms with Crippen molar-refractivity contribution in [1.82, 2.24) is 0 Å². The van der Waals surface area contributed by atoms with Crippen molar-refractivity contribution in [2.75, 3.05) is 0 Å². The van der Waals surface area contributed by atoms with E-state index in [1.54, 1.807) is 6.08 Å². The number of unbranched alkanes of at least 4 members (excludes halogenated alkanes) is 1. The van der Waals surface area contributed by atoms with Gasteiger partial charge in [-0.1, -0.05) is 6.58 Å². The first-order chi connectivity index (χ1) is 3.41. The summed E-state index contributed by atoms with van der Waals surface area (Å²) in [5, 5.41) is 7.97. The first-order valence-electron chi connectivity index (χ1n) is 2.13. The zero-order valence-corrected chi connectivity index (χ0v) is 4.15. The molecule has 7 heavy (non-hydrogen) atoms. The summed E-state index contributed by atoms with van der Waals surface area (Å²) in [4.78, 5) is 0. The monoisotopic (exact) mass is 93.1 g/mol. The molecule has 0 aromatic heterocycles. The highest BCUT2D eigenvalue weighted by Crippen LogP contribution is 1.83. The maximum absolute atomic E-state index is 7.97. The molecule has 0 spiro atoms. The molecule has 0 saturated carbocycles. The zero-order valence-electron chi connectivity index (χ0n) is 4.15. The Kier molecular flexibility index (Phi) is 4.30. The molecule has 36 valence electrons. The molecule has 0 unspecified atom stereocenters. The molecule has 0 aromatic carbocycles. The fraction of sp³-hybridized carbons (Fsp3) is 0.333. The van der Waals surface area contributed by atoms with Gasteiger partial charge in [0.25, 0.3) is 0 Å². The third-order valence-electron chi connectivity index (χ3n) is 0.545. The molecule has 0 N–H and O–H groups in total. The van der Waals surface area contributed by atoms with Gasteiger partial charge in [0, 0.05) is 6.42 Å². The number of hydrogen-bond donors (Lipinski definition) is 0. The molecule has 1 heteroatoms. The van der Waals surface area contributed by atoms with Gasteiger partial charge in [0.15, 0.2) is 0 Å². The summed E-state index contributed by atoms with van der Waals surface area (Å²) in [6.07, 6.45) is 3.10. The van der Waals surface area contributed by atoms with E-state index >= 15 is 0 Å². The summed E-state index contributed by atoms with van der Waals surface area (Å²) in [7, 11) is 0. The van der Waals surface area contributed by atoms with Crippen molar-refractivity contribution in [1.29, 1.82) is 5.26 Å². The minimum atomic E-state index is 0.572. The van der Waals surface area contributed by atoms with Crippen molar-refractivity contribution in [3.05, 3.63) is 18.4 Å². The average molecular weight is 93.1 g/mol. The highest BCUT2D eigenvalue weighted by Gasteiger charge is 1.71. The fourth-order valence-corrected chi connectivity index (χ4v) is 0.239. The van der Waals surface area contributed by atoms with Gasteiger partial charge in [0.1, 0.15) is 0 Å². The first-order valence-corrected chi connectivity index (χ1v) is 2.13. The minimum Gasteiger partial charge on any atom is -0.198 e. The van der Waals surface area contributed by atoms with E-state index in [1.165, 1.54) is 0 Å². The van der Waals surface area contributed by atoms with Gasteiger partial charge in [-0.3, -0.25) is 0 Å².